The van der Waals surface area contributed by atoms with Gasteiger partial charge in [-0.05, 0) is 6.42 Å². The Hall–Kier alpha value is -0.610. The van der Waals surface area contributed by atoms with E-state index in [2.05, 4.69) is 5.32 Å². The van der Waals surface area contributed by atoms with Gasteiger partial charge in [-0.1, -0.05) is 0 Å². The summed E-state index contributed by atoms with van der Waals surface area (Å²) in [5.74, 6) is 0.197. The van der Waals surface area contributed by atoms with Crippen molar-refractivity contribution in [2.45, 2.75) is 25.0 Å². The van der Waals surface area contributed by atoms with Gasteiger partial charge in [0.25, 0.3) is 0 Å². The molecule has 4 nitrogen and oxygen atoms in total. The number of amides is 1. The fourth-order valence-electron chi connectivity index (χ4n) is 1.99. The van der Waals surface area contributed by atoms with E-state index in [1.165, 1.54) is 0 Å². The fourth-order valence-corrected chi connectivity index (χ4v) is 1.99. The van der Waals surface area contributed by atoms with E-state index in [0.717, 1.165) is 19.5 Å². The third kappa shape index (κ3) is 1.21. The molecule has 2 unspecified atom stereocenters. The van der Waals surface area contributed by atoms with Crippen LogP contribution in [-0.2, 0) is 4.79 Å². The molecule has 1 amide bonds. The van der Waals surface area contributed by atoms with E-state index in [1.807, 2.05) is 4.90 Å². The van der Waals surface area contributed by atoms with Crippen LogP contribution >= 0.6 is 0 Å². The molecule has 0 aromatic carbocycles. The Bertz CT molecular complexity index is 195. The zero-order chi connectivity index (χ0) is 8.55. The molecule has 0 aliphatic carbocycles. The first kappa shape index (κ1) is 8.01. The summed E-state index contributed by atoms with van der Waals surface area (Å²) in [6.07, 6.45) is 1.23. The average molecular weight is 170 g/mol. The van der Waals surface area contributed by atoms with Gasteiger partial charge in [-0.25, -0.2) is 0 Å². The first-order valence-electron chi connectivity index (χ1n) is 4.47. The summed E-state index contributed by atoms with van der Waals surface area (Å²) in [5.41, 5.74) is 0. The van der Waals surface area contributed by atoms with E-state index in [-0.39, 0.29) is 18.1 Å². The summed E-state index contributed by atoms with van der Waals surface area (Å²) in [4.78, 5) is 13.1. The number of hydrogen-bond donors (Lipinski definition) is 2. The van der Waals surface area contributed by atoms with E-state index in [4.69, 9.17) is 0 Å². The molecule has 0 spiro atoms. The Morgan fingerprint density at radius 2 is 2.33 bits per heavy atom. The summed E-state index contributed by atoms with van der Waals surface area (Å²) < 4.78 is 0. The van der Waals surface area contributed by atoms with Gasteiger partial charge < -0.3 is 15.3 Å². The quantitative estimate of drug-likeness (QED) is 0.527. The van der Waals surface area contributed by atoms with Crippen molar-refractivity contribution >= 4 is 5.91 Å². The zero-order valence-electron chi connectivity index (χ0n) is 6.99. The molecule has 2 aliphatic rings. The van der Waals surface area contributed by atoms with Crippen molar-refractivity contribution in [3.63, 3.8) is 0 Å². The smallest absolute Gasteiger partial charge is 0.223 e. The molecule has 0 bridgehead atoms. The van der Waals surface area contributed by atoms with Crippen molar-refractivity contribution in [2.75, 3.05) is 19.6 Å². The van der Waals surface area contributed by atoms with Gasteiger partial charge in [-0.15, -0.1) is 0 Å². The molecule has 2 rings (SSSR count). The Morgan fingerprint density at radius 1 is 1.50 bits per heavy atom. The lowest BCUT2D eigenvalue weighted by Crippen LogP contribution is -2.43. The van der Waals surface area contributed by atoms with Crippen LogP contribution in [0.4, 0.5) is 0 Å². The molecule has 4 heteroatoms. The number of aliphatic hydroxyl groups is 1. The van der Waals surface area contributed by atoms with Crippen molar-refractivity contribution in [3.05, 3.63) is 0 Å². The maximum atomic E-state index is 11.3. The summed E-state index contributed by atoms with van der Waals surface area (Å²) >= 11 is 0. The van der Waals surface area contributed by atoms with Crippen LogP contribution in [0.2, 0.25) is 0 Å². The van der Waals surface area contributed by atoms with Crippen LogP contribution < -0.4 is 5.32 Å². The molecule has 0 aromatic rings. The molecule has 2 fully saturated rings. The van der Waals surface area contributed by atoms with Crippen LogP contribution in [-0.4, -0.2) is 47.7 Å². The van der Waals surface area contributed by atoms with E-state index in [1.54, 1.807) is 0 Å². The van der Waals surface area contributed by atoms with Gasteiger partial charge in [-0.2, -0.15) is 0 Å². The lowest BCUT2D eigenvalue weighted by molar-refractivity contribution is -0.130. The van der Waals surface area contributed by atoms with E-state index in [0.29, 0.717) is 13.0 Å². The Labute approximate surface area is 71.5 Å². The predicted molar refractivity (Wildman–Crippen MR) is 43.6 cm³/mol. The lowest BCUT2D eigenvalue weighted by Gasteiger charge is -2.25. The second-order valence-electron chi connectivity index (χ2n) is 3.48. The maximum absolute atomic E-state index is 11.3. The van der Waals surface area contributed by atoms with Crippen molar-refractivity contribution < 1.29 is 9.90 Å². The van der Waals surface area contributed by atoms with E-state index in [9.17, 15) is 9.90 Å². The summed E-state index contributed by atoms with van der Waals surface area (Å²) in [6.45, 7) is 2.18. The Kier molecular flexibility index (Phi) is 2.02. The SMILES string of the molecule is O=C1CCCN1C1CNCC1O. The highest BCUT2D eigenvalue weighted by molar-refractivity contribution is 5.78. The van der Waals surface area contributed by atoms with Gasteiger partial charge in [-0.3, -0.25) is 4.79 Å². The van der Waals surface area contributed by atoms with Crippen molar-refractivity contribution in [2.24, 2.45) is 0 Å². The lowest BCUT2D eigenvalue weighted by atomic mass is 10.2. The van der Waals surface area contributed by atoms with Gasteiger partial charge in [0.2, 0.25) is 5.91 Å². The number of nitrogens with zero attached hydrogens (tertiary/aromatic N) is 1. The minimum absolute atomic E-state index is 0.0278. The number of hydrogen-bond acceptors (Lipinski definition) is 3. The normalized spacial score (nSPS) is 36.4. The Morgan fingerprint density at radius 3 is 2.83 bits per heavy atom. The molecule has 2 heterocycles. The number of nitrogens with one attached hydrogen (secondary N) is 1. The molecule has 0 saturated carbocycles. The monoisotopic (exact) mass is 170 g/mol. The van der Waals surface area contributed by atoms with Crippen LogP contribution in [0.3, 0.4) is 0 Å². The van der Waals surface area contributed by atoms with Crippen LogP contribution in [0.1, 0.15) is 12.8 Å². The highest BCUT2D eigenvalue weighted by Gasteiger charge is 2.35. The Balaban J connectivity index is 2.03. The highest BCUT2D eigenvalue weighted by Crippen LogP contribution is 2.17. The third-order valence-corrected chi connectivity index (χ3v) is 2.66. The van der Waals surface area contributed by atoms with Crippen molar-refractivity contribution in [1.29, 1.82) is 0 Å². The largest absolute Gasteiger partial charge is 0.390 e. The van der Waals surface area contributed by atoms with Gasteiger partial charge in [0.15, 0.2) is 0 Å². The molecule has 0 radical (unpaired) electrons. The van der Waals surface area contributed by atoms with Gasteiger partial charge in [0.1, 0.15) is 0 Å². The minimum atomic E-state index is -0.368. The third-order valence-electron chi connectivity index (χ3n) is 2.66. The van der Waals surface area contributed by atoms with Crippen LogP contribution in [0, 0.1) is 0 Å². The standard InChI is InChI=1S/C8H14N2O2/c11-7-5-9-4-6(7)10-3-1-2-8(10)12/h6-7,9,11H,1-5H2. The molecule has 0 aromatic heterocycles. The number of β-amino-alcohol motifs (C(OH)–C–C–N with tert-alkyl or cyclic N) is 1. The van der Waals surface area contributed by atoms with E-state index >= 15 is 0 Å². The van der Waals surface area contributed by atoms with Crippen LogP contribution in [0.25, 0.3) is 0 Å². The van der Waals surface area contributed by atoms with Crippen LogP contribution in [0.15, 0.2) is 0 Å². The number of carbonyl (C=O) groups excluding carboxylic acids is 1. The fraction of sp³-hybridized carbons (Fsp3) is 0.875. The van der Waals surface area contributed by atoms with Crippen molar-refractivity contribution in [1.82, 2.24) is 10.2 Å². The molecular weight excluding hydrogens is 156 g/mol. The van der Waals surface area contributed by atoms with Gasteiger partial charge in [0.05, 0.1) is 12.1 Å². The molecule has 2 aliphatic heterocycles. The minimum Gasteiger partial charge on any atom is -0.390 e. The van der Waals surface area contributed by atoms with Gasteiger partial charge in [0, 0.05) is 26.1 Å². The average Bonchev–Trinajstić information content (AvgIpc) is 2.59. The number of aliphatic hydroxyl groups excluding tert-OH is 1. The van der Waals surface area contributed by atoms with Crippen molar-refractivity contribution in [3.8, 4) is 0 Å². The first-order valence-corrected chi connectivity index (χ1v) is 4.47. The topological polar surface area (TPSA) is 52.6 Å². The number of likely N-dealkylation sites (tertiary alicyclic amines) is 1. The summed E-state index contributed by atoms with van der Waals surface area (Å²) in [5, 5.41) is 12.6. The van der Waals surface area contributed by atoms with E-state index < -0.39 is 0 Å². The molecule has 68 valence electrons. The molecule has 12 heavy (non-hydrogen) atoms. The summed E-state index contributed by atoms with van der Waals surface area (Å²) in [7, 11) is 0. The molecular formula is C8H14N2O2. The molecule has 2 saturated heterocycles. The molecule has 2 N–H and O–H groups in total. The highest BCUT2D eigenvalue weighted by atomic mass is 16.3. The zero-order valence-corrected chi connectivity index (χ0v) is 6.99. The molecule has 2 atom stereocenters. The second-order valence-corrected chi connectivity index (χ2v) is 3.48. The second kappa shape index (κ2) is 3.03. The summed E-state index contributed by atoms with van der Waals surface area (Å²) in [6, 6.07) is 0.0278. The van der Waals surface area contributed by atoms with Gasteiger partial charge >= 0.3 is 0 Å². The maximum Gasteiger partial charge on any atom is 0.223 e. The van der Waals surface area contributed by atoms with Crippen LogP contribution in [0.5, 0.6) is 0 Å². The first-order chi connectivity index (χ1) is 5.79. The number of carbonyl (C=O) groups is 1. The predicted octanol–water partition coefficient (Wildman–Crippen LogP) is -1.06. The number of rotatable bonds is 1.